The van der Waals surface area contributed by atoms with Crippen LogP contribution in [0.3, 0.4) is 0 Å². The van der Waals surface area contributed by atoms with Crippen LogP contribution in [-0.4, -0.2) is 47.1 Å². The predicted octanol–water partition coefficient (Wildman–Crippen LogP) is 0.533. The number of unbranched alkanes of at least 4 members (excludes halogenated alkanes) is 1. The molecular weight excluding hydrogens is 284 g/mol. The first kappa shape index (κ1) is 16.8. The summed E-state index contributed by atoms with van der Waals surface area (Å²) in [5.74, 6) is -1.14. The molecule has 19 heavy (non-hydrogen) atoms. The molecule has 110 valence electrons. The highest BCUT2D eigenvalue weighted by atomic mass is 32.0. The first-order valence-electron chi connectivity index (χ1n) is 6.55. The molecule has 8 heteroatoms. The lowest BCUT2D eigenvalue weighted by Gasteiger charge is -2.24. The molecule has 1 heterocycles. The van der Waals surface area contributed by atoms with Gasteiger partial charge in [-0.25, -0.2) is 4.79 Å². The largest absolute Gasteiger partial charge is 0.480 e. The van der Waals surface area contributed by atoms with E-state index in [1.807, 2.05) is 0 Å². The van der Waals surface area contributed by atoms with E-state index >= 15 is 0 Å². The third kappa shape index (κ3) is 5.31. The Morgan fingerprint density at radius 2 is 2.26 bits per heavy atom. The molecule has 0 radical (unpaired) electrons. The van der Waals surface area contributed by atoms with Crippen molar-refractivity contribution in [3.05, 3.63) is 0 Å². The SMILES string of the molecule is NC(CCCCNPP)C(=O)N1CCCC1C(=O)O. The van der Waals surface area contributed by atoms with Crippen LogP contribution in [-0.2, 0) is 9.59 Å². The summed E-state index contributed by atoms with van der Waals surface area (Å²) in [6.07, 6.45) is 3.75. The highest BCUT2D eigenvalue weighted by Crippen LogP contribution is 2.19. The lowest BCUT2D eigenvalue weighted by Crippen LogP contribution is -2.48. The van der Waals surface area contributed by atoms with Gasteiger partial charge in [-0.1, -0.05) is 15.3 Å². The highest BCUT2D eigenvalue weighted by molar-refractivity contribution is 8.01. The Morgan fingerprint density at radius 3 is 2.89 bits per heavy atom. The molecule has 4 N–H and O–H groups in total. The molecular formula is C11H23N3O3P2. The van der Waals surface area contributed by atoms with Crippen molar-refractivity contribution in [3.8, 4) is 0 Å². The van der Waals surface area contributed by atoms with E-state index in [2.05, 4.69) is 14.0 Å². The van der Waals surface area contributed by atoms with Gasteiger partial charge in [-0.2, -0.15) is 0 Å². The summed E-state index contributed by atoms with van der Waals surface area (Å²) in [7, 11) is 3.27. The number of carbonyl (C=O) groups is 2. The molecule has 4 atom stereocenters. The van der Waals surface area contributed by atoms with E-state index < -0.39 is 18.1 Å². The summed E-state index contributed by atoms with van der Waals surface area (Å²) in [4.78, 5) is 24.6. The summed E-state index contributed by atoms with van der Waals surface area (Å²) >= 11 is 0. The van der Waals surface area contributed by atoms with Gasteiger partial charge < -0.3 is 15.7 Å². The maximum Gasteiger partial charge on any atom is 0.326 e. The van der Waals surface area contributed by atoms with Crippen molar-refractivity contribution in [1.29, 1.82) is 0 Å². The number of nitrogens with two attached hydrogens (primary N) is 1. The van der Waals surface area contributed by atoms with Crippen molar-refractivity contribution >= 4 is 29.2 Å². The Morgan fingerprint density at radius 1 is 1.53 bits per heavy atom. The van der Waals surface area contributed by atoms with Gasteiger partial charge in [0.1, 0.15) is 6.04 Å². The minimum Gasteiger partial charge on any atom is -0.480 e. The smallest absolute Gasteiger partial charge is 0.326 e. The third-order valence-corrected chi connectivity index (χ3v) is 4.37. The Bertz CT molecular complexity index is 318. The van der Waals surface area contributed by atoms with Gasteiger partial charge in [-0.05, 0) is 40.6 Å². The lowest BCUT2D eigenvalue weighted by molar-refractivity contribution is -0.148. The number of carboxylic acid groups (broad SMARTS) is 1. The maximum atomic E-state index is 12.1. The number of likely N-dealkylation sites (tertiary alicyclic amines) is 1. The first-order valence-corrected chi connectivity index (χ1v) is 9.36. The Kier molecular flexibility index (Phi) is 7.77. The normalized spacial score (nSPS) is 21.2. The van der Waals surface area contributed by atoms with Gasteiger partial charge in [0.25, 0.3) is 0 Å². The summed E-state index contributed by atoms with van der Waals surface area (Å²) in [6.45, 7) is 1.43. The second-order valence-corrected chi connectivity index (χ2v) is 6.21. The zero-order valence-corrected chi connectivity index (χ0v) is 13.1. The number of amides is 1. The summed E-state index contributed by atoms with van der Waals surface area (Å²) in [5, 5.41) is 12.2. The average molecular weight is 307 g/mol. The lowest BCUT2D eigenvalue weighted by atomic mass is 10.1. The molecule has 0 saturated carbocycles. The molecule has 4 unspecified atom stereocenters. The maximum absolute atomic E-state index is 12.1. The van der Waals surface area contributed by atoms with E-state index in [9.17, 15) is 9.59 Å². The Balaban J connectivity index is 2.33. The van der Waals surface area contributed by atoms with Crippen LogP contribution in [0.4, 0.5) is 0 Å². The van der Waals surface area contributed by atoms with Crippen LogP contribution in [0.5, 0.6) is 0 Å². The van der Waals surface area contributed by atoms with E-state index in [1.54, 1.807) is 0 Å². The number of rotatable bonds is 8. The molecule has 0 bridgehead atoms. The third-order valence-electron chi connectivity index (χ3n) is 3.31. The minimum atomic E-state index is -0.927. The van der Waals surface area contributed by atoms with Crippen LogP contribution in [0, 0.1) is 0 Å². The van der Waals surface area contributed by atoms with Gasteiger partial charge in [0.15, 0.2) is 0 Å². The number of aliphatic carboxylic acids is 1. The molecule has 1 aliphatic rings. The average Bonchev–Trinajstić information content (AvgIpc) is 2.86. The molecule has 6 nitrogen and oxygen atoms in total. The van der Waals surface area contributed by atoms with Crippen LogP contribution in [0.15, 0.2) is 0 Å². The van der Waals surface area contributed by atoms with E-state index in [-0.39, 0.29) is 5.91 Å². The zero-order valence-electron chi connectivity index (χ0n) is 11.0. The highest BCUT2D eigenvalue weighted by Gasteiger charge is 2.35. The molecule has 0 spiro atoms. The van der Waals surface area contributed by atoms with Crippen LogP contribution < -0.4 is 10.8 Å². The summed E-state index contributed by atoms with van der Waals surface area (Å²) in [6, 6.07) is -1.25. The summed E-state index contributed by atoms with van der Waals surface area (Å²) in [5.41, 5.74) is 5.87. The van der Waals surface area contributed by atoms with Gasteiger partial charge in [-0.3, -0.25) is 9.88 Å². The van der Waals surface area contributed by atoms with Crippen molar-refractivity contribution in [1.82, 2.24) is 9.99 Å². The fraction of sp³-hybridized carbons (Fsp3) is 0.818. The van der Waals surface area contributed by atoms with Gasteiger partial charge >= 0.3 is 5.97 Å². The molecule has 1 aliphatic heterocycles. The van der Waals surface area contributed by atoms with Crippen molar-refractivity contribution < 1.29 is 14.7 Å². The molecule has 0 aromatic rings. The van der Waals surface area contributed by atoms with Gasteiger partial charge in [0, 0.05) is 6.54 Å². The number of hydrogen-bond donors (Lipinski definition) is 3. The zero-order chi connectivity index (χ0) is 14.3. The molecule has 0 aliphatic carbocycles. The number of nitrogens with one attached hydrogen (secondary N) is 1. The summed E-state index contributed by atoms with van der Waals surface area (Å²) < 4.78 is 0. The number of nitrogens with zero attached hydrogens (tertiary/aromatic N) is 1. The molecule has 0 aromatic heterocycles. The number of carboxylic acids is 1. The van der Waals surface area contributed by atoms with Crippen LogP contribution in [0.25, 0.3) is 0 Å². The fourth-order valence-electron chi connectivity index (χ4n) is 2.27. The van der Waals surface area contributed by atoms with Gasteiger partial charge in [-0.15, -0.1) is 0 Å². The second kappa shape index (κ2) is 8.80. The van der Waals surface area contributed by atoms with E-state index in [1.165, 1.54) is 4.90 Å². The molecule has 1 rings (SSSR count). The van der Waals surface area contributed by atoms with Gasteiger partial charge in [0.05, 0.1) is 6.04 Å². The van der Waals surface area contributed by atoms with Crippen molar-refractivity contribution in [2.45, 2.75) is 44.2 Å². The van der Waals surface area contributed by atoms with Crippen LogP contribution >= 0.6 is 17.3 Å². The van der Waals surface area contributed by atoms with Crippen molar-refractivity contribution in [3.63, 3.8) is 0 Å². The second-order valence-electron chi connectivity index (χ2n) is 4.70. The molecule has 0 aromatic carbocycles. The number of carbonyl (C=O) groups excluding carboxylic acids is 1. The minimum absolute atomic E-state index is 0.217. The molecule has 1 saturated heterocycles. The Hall–Kier alpha value is -0.280. The Labute approximate surface area is 117 Å². The molecule has 1 fully saturated rings. The quantitative estimate of drug-likeness (QED) is 0.449. The van der Waals surface area contributed by atoms with E-state index in [0.29, 0.717) is 27.8 Å². The van der Waals surface area contributed by atoms with Gasteiger partial charge in [0.2, 0.25) is 5.91 Å². The molecule has 1 amide bonds. The van der Waals surface area contributed by atoms with E-state index in [0.717, 1.165) is 25.8 Å². The van der Waals surface area contributed by atoms with Crippen LogP contribution in [0.1, 0.15) is 32.1 Å². The topological polar surface area (TPSA) is 95.7 Å². The number of hydrogen-bond acceptors (Lipinski definition) is 4. The standard InChI is InChI=1S/C11H23N3O3P2/c12-8(4-1-2-6-13-19-18)10(15)14-7-3-5-9(14)11(16)17/h8-9,13,19H,1-7,12,18H2,(H,16,17). The first-order chi connectivity index (χ1) is 9.07. The fourth-order valence-corrected chi connectivity index (χ4v) is 3.03. The van der Waals surface area contributed by atoms with Crippen molar-refractivity contribution in [2.75, 3.05) is 13.1 Å². The van der Waals surface area contributed by atoms with Crippen molar-refractivity contribution in [2.24, 2.45) is 5.73 Å². The van der Waals surface area contributed by atoms with Crippen LogP contribution in [0.2, 0.25) is 0 Å². The monoisotopic (exact) mass is 307 g/mol. The van der Waals surface area contributed by atoms with E-state index in [4.69, 9.17) is 10.8 Å². The predicted molar refractivity (Wildman–Crippen MR) is 80.2 cm³/mol.